The van der Waals surface area contributed by atoms with Gasteiger partial charge in [0.2, 0.25) is 11.8 Å². The Morgan fingerprint density at radius 2 is 1.38 bits per heavy atom. The highest BCUT2D eigenvalue weighted by Gasteiger charge is 2.50. The van der Waals surface area contributed by atoms with Gasteiger partial charge in [-0.25, -0.2) is 0 Å². The second-order valence-electron chi connectivity index (χ2n) is 12.6. The minimum absolute atomic E-state index is 0.106. The third kappa shape index (κ3) is 8.25. The Hall–Kier alpha value is -4.21. The molecule has 0 fully saturated rings. The minimum Gasteiger partial charge on any atom is -0.403 e. The van der Waals surface area contributed by atoms with Crippen molar-refractivity contribution in [3.8, 4) is 0 Å². The monoisotopic (exact) mass is 701 g/mol. The second-order valence-corrected chi connectivity index (χ2v) is 17.7. The van der Waals surface area contributed by atoms with Crippen LogP contribution in [0.5, 0.6) is 0 Å². The first-order valence-corrected chi connectivity index (χ1v) is 18.2. The van der Waals surface area contributed by atoms with Crippen molar-refractivity contribution in [2.75, 3.05) is 32.6 Å². The van der Waals surface area contributed by atoms with Gasteiger partial charge in [-0.2, -0.15) is 0 Å². The summed E-state index contributed by atoms with van der Waals surface area (Å²) in [5, 5.41) is 5.36. The molecule has 48 heavy (non-hydrogen) atoms. The van der Waals surface area contributed by atoms with E-state index in [1.165, 1.54) is 15.9 Å². The van der Waals surface area contributed by atoms with Gasteiger partial charge in [-0.1, -0.05) is 117 Å². The summed E-state index contributed by atoms with van der Waals surface area (Å²) < 4.78 is 7.06. The molecule has 0 saturated carbocycles. The number of carbonyl (C=O) groups excluding carboxylic acids is 3. The summed E-state index contributed by atoms with van der Waals surface area (Å²) in [5.41, 5.74) is 2.32. The molecule has 10 heteroatoms. The summed E-state index contributed by atoms with van der Waals surface area (Å²) in [6.45, 7) is 6.46. The predicted molar refractivity (Wildman–Crippen MR) is 199 cm³/mol. The fourth-order valence-corrected chi connectivity index (χ4v) is 10.7. The van der Waals surface area contributed by atoms with Gasteiger partial charge in [0.25, 0.3) is 14.2 Å². The fourth-order valence-electron chi connectivity index (χ4n) is 5.56. The lowest BCUT2D eigenvalue weighted by Gasteiger charge is -2.43. The number of anilines is 1. The Morgan fingerprint density at radius 3 is 1.90 bits per heavy atom. The van der Waals surface area contributed by atoms with Gasteiger partial charge < -0.3 is 19.5 Å². The predicted octanol–water partition coefficient (Wildman–Crippen LogP) is 6.56. The summed E-state index contributed by atoms with van der Waals surface area (Å²) in [6, 6.07) is 30.8. The zero-order chi connectivity index (χ0) is 35.1. The van der Waals surface area contributed by atoms with Crippen LogP contribution in [0.15, 0.2) is 103 Å². The molecule has 0 aliphatic rings. The Labute approximate surface area is 294 Å². The number of hydrogen-bond acceptors (Lipinski definition) is 4. The van der Waals surface area contributed by atoms with E-state index in [-0.39, 0.29) is 30.0 Å². The third-order valence-electron chi connectivity index (χ3n) is 8.16. The molecule has 250 valence electrons. The molecule has 3 amide bonds. The second kappa shape index (κ2) is 15.8. The summed E-state index contributed by atoms with van der Waals surface area (Å²) in [5.74, 6) is -0.913. The minimum atomic E-state index is -2.88. The molecule has 0 atom stereocenters. The van der Waals surface area contributed by atoms with Gasteiger partial charge in [0.05, 0.1) is 23.9 Å². The fraction of sp³-hybridized carbons (Fsp3) is 0.237. The van der Waals surface area contributed by atoms with Crippen molar-refractivity contribution in [3.05, 3.63) is 130 Å². The molecular formula is C38H41Cl2N3O4Si. The van der Waals surface area contributed by atoms with E-state index in [1.807, 2.05) is 36.4 Å². The normalized spacial score (nSPS) is 11.8. The highest BCUT2D eigenvalue weighted by atomic mass is 35.5. The number of nitrogens with zero attached hydrogens (tertiary/aromatic N) is 2. The van der Waals surface area contributed by atoms with Crippen LogP contribution in [0.25, 0.3) is 6.08 Å². The van der Waals surface area contributed by atoms with E-state index in [0.29, 0.717) is 26.9 Å². The van der Waals surface area contributed by atoms with Crippen molar-refractivity contribution >= 4 is 71.4 Å². The number of benzene rings is 4. The van der Waals surface area contributed by atoms with Gasteiger partial charge >= 0.3 is 0 Å². The molecule has 0 aromatic heterocycles. The van der Waals surface area contributed by atoms with Gasteiger partial charge in [0.15, 0.2) is 0 Å². The first-order valence-electron chi connectivity index (χ1n) is 15.5. The van der Waals surface area contributed by atoms with Gasteiger partial charge in [-0.3, -0.25) is 14.4 Å². The Morgan fingerprint density at radius 1 is 0.812 bits per heavy atom. The highest BCUT2D eigenvalue weighted by molar-refractivity contribution is 6.99. The van der Waals surface area contributed by atoms with Crippen LogP contribution in [0.4, 0.5) is 5.69 Å². The van der Waals surface area contributed by atoms with Crippen molar-refractivity contribution in [1.29, 1.82) is 0 Å². The molecule has 0 spiro atoms. The number of likely N-dealkylation sites (N-methyl/N-ethyl adjacent to an activating group) is 1. The van der Waals surface area contributed by atoms with Gasteiger partial charge in [-0.15, -0.1) is 0 Å². The van der Waals surface area contributed by atoms with Crippen molar-refractivity contribution in [3.63, 3.8) is 0 Å². The molecule has 0 bridgehead atoms. The number of carbonyl (C=O) groups is 3. The van der Waals surface area contributed by atoms with Crippen molar-refractivity contribution in [2.45, 2.75) is 32.4 Å². The number of amides is 3. The van der Waals surface area contributed by atoms with E-state index in [2.05, 4.69) is 50.4 Å². The van der Waals surface area contributed by atoms with Gasteiger partial charge in [0, 0.05) is 43.4 Å². The number of nitrogens with one attached hydrogen (secondary N) is 1. The number of halogens is 2. The SMILES string of the molecule is CN(C)C(=O)c1ccc(C=CC(=O)NCC(=O)N(C)c2ccc(Cl)c(CO[Si](c3ccccc3)(c3ccccc3)C(C)(C)C)c2Cl)cc1. The van der Waals surface area contributed by atoms with Crippen LogP contribution in [-0.4, -0.2) is 58.6 Å². The molecule has 0 saturated heterocycles. The molecule has 7 nitrogen and oxygen atoms in total. The van der Waals surface area contributed by atoms with Crippen LogP contribution in [0.1, 0.15) is 42.3 Å². The van der Waals surface area contributed by atoms with Gasteiger partial charge in [0.1, 0.15) is 0 Å². The van der Waals surface area contributed by atoms with Gasteiger partial charge in [-0.05, 0) is 51.3 Å². The maximum absolute atomic E-state index is 13.2. The molecule has 1 N–H and O–H groups in total. The van der Waals surface area contributed by atoms with Crippen molar-refractivity contribution in [1.82, 2.24) is 10.2 Å². The molecular weight excluding hydrogens is 661 g/mol. The first-order chi connectivity index (χ1) is 22.8. The maximum Gasteiger partial charge on any atom is 0.261 e. The van der Waals surface area contributed by atoms with E-state index in [4.69, 9.17) is 27.6 Å². The molecule has 0 radical (unpaired) electrons. The Balaban J connectivity index is 1.49. The largest absolute Gasteiger partial charge is 0.403 e. The van der Waals surface area contributed by atoms with Crippen LogP contribution >= 0.6 is 23.2 Å². The summed E-state index contributed by atoms with van der Waals surface area (Å²) in [4.78, 5) is 40.7. The molecule has 4 aromatic rings. The lowest BCUT2D eigenvalue weighted by molar-refractivity contribution is -0.122. The van der Waals surface area contributed by atoms with Crippen LogP contribution in [0.3, 0.4) is 0 Å². The third-order valence-corrected chi connectivity index (χ3v) is 13.9. The van der Waals surface area contributed by atoms with E-state index < -0.39 is 14.2 Å². The first kappa shape index (κ1) is 36.6. The standard InChI is InChI=1S/C38H41Cl2N3O4Si/c1-38(2,3)48(29-13-9-7-10-14-29,30-15-11-8-12-16-30)47-26-31-32(39)22-23-33(36(31)40)43(6)35(45)25-41-34(44)24-19-27-17-20-28(21-18-27)37(46)42(4)5/h7-24H,25-26H2,1-6H3,(H,41,44). The topological polar surface area (TPSA) is 79.0 Å². The van der Waals surface area contributed by atoms with E-state index in [1.54, 1.807) is 63.6 Å². The maximum atomic E-state index is 13.2. The van der Waals surface area contributed by atoms with Crippen LogP contribution in [-0.2, 0) is 20.6 Å². The van der Waals surface area contributed by atoms with E-state index in [9.17, 15) is 14.4 Å². The summed E-state index contributed by atoms with van der Waals surface area (Å²) in [6.07, 6.45) is 2.95. The molecule has 0 aliphatic heterocycles. The summed E-state index contributed by atoms with van der Waals surface area (Å²) >= 11 is 13.7. The Bertz CT molecular complexity index is 1730. The number of rotatable bonds is 11. The lowest BCUT2D eigenvalue weighted by atomic mass is 10.1. The van der Waals surface area contributed by atoms with Crippen molar-refractivity contribution in [2.24, 2.45) is 0 Å². The smallest absolute Gasteiger partial charge is 0.261 e. The number of hydrogen-bond donors (Lipinski definition) is 1. The molecule has 0 unspecified atom stereocenters. The molecule has 0 heterocycles. The zero-order valence-corrected chi connectivity index (χ0v) is 30.6. The lowest BCUT2D eigenvalue weighted by Crippen LogP contribution is -2.66. The Kier molecular flexibility index (Phi) is 12.0. The quantitative estimate of drug-likeness (QED) is 0.142. The molecule has 0 aliphatic carbocycles. The highest BCUT2D eigenvalue weighted by Crippen LogP contribution is 2.40. The summed E-state index contributed by atoms with van der Waals surface area (Å²) in [7, 11) is 2.09. The van der Waals surface area contributed by atoms with Crippen LogP contribution in [0.2, 0.25) is 15.1 Å². The van der Waals surface area contributed by atoms with E-state index in [0.717, 1.165) is 15.9 Å². The molecule has 4 aromatic carbocycles. The molecule has 4 rings (SSSR count). The van der Waals surface area contributed by atoms with E-state index >= 15 is 0 Å². The van der Waals surface area contributed by atoms with Crippen LogP contribution in [0, 0.1) is 0 Å². The average Bonchev–Trinajstić information content (AvgIpc) is 3.07. The van der Waals surface area contributed by atoms with Crippen molar-refractivity contribution < 1.29 is 18.8 Å². The zero-order valence-electron chi connectivity index (χ0n) is 28.1. The average molecular weight is 703 g/mol. The van der Waals surface area contributed by atoms with Crippen LogP contribution < -0.4 is 20.6 Å².